The molecule has 1 aliphatic carbocycles. The highest BCUT2D eigenvalue weighted by Gasteiger charge is 2.19. The molecule has 0 bridgehead atoms. The van der Waals surface area contributed by atoms with Crippen molar-refractivity contribution in [3.05, 3.63) is 23.3 Å². The van der Waals surface area contributed by atoms with Crippen LogP contribution in [0, 0.1) is 0 Å². The van der Waals surface area contributed by atoms with E-state index in [9.17, 15) is 0 Å². The standard InChI is InChI=1S/C9H12N2/c1-7-4-3-5-9-8(7)6-11(2)10-9/h3-4H,5-6H2,1-2H3. The number of nitrogens with zero attached hydrogens (tertiary/aromatic N) is 2. The van der Waals surface area contributed by atoms with Crippen LogP contribution in [-0.2, 0) is 0 Å². The van der Waals surface area contributed by atoms with Crippen LogP contribution in [0.4, 0.5) is 0 Å². The minimum atomic E-state index is 0.992. The summed E-state index contributed by atoms with van der Waals surface area (Å²) in [5.41, 5.74) is 4.06. The van der Waals surface area contributed by atoms with Gasteiger partial charge in [-0.15, -0.1) is 0 Å². The molecule has 11 heavy (non-hydrogen) atoms. The van der Waals surface area contributed by atoms with E-state index in [1.165, 1.54) is 16.9 Å². The molecule has 58 valence electrons. The minimum Gasteiger partial charge on any atom is -0.295 e. The van der Waals surface area contributed by atoms with Gasteiger partial charge in [-0.3, -0.25) is 5.01 Å². The number of hydrogen-bond acceptors (Lipinski definition) is 2. The first-order valence-electron chi connectivity index (χ1n) is 3.92. The molecule has 0 atom stereocenters. The van der Waals surface area contributed by atoms with E-state index in [1.54, 1.807) is 0 Å². The van der Waals surface area contributed by atoms with Gasteiger partial charge in [-0.1, -0.05) is 12.2 Å². The highest BCUT2D eigenvalue weighted by Crippen LogP contribution is 2.22. The van der Waals surface area contributed by atoms with Gasteiger partial charge in [0.05, 0.1) is 12.3 Å². The number of allylic oxidation sites excluding steroid dienone is 3. The van der Waals surface area contributed by atoms with Crippen LogP contribution >= 0.6 is 0 Å². The quantitative estimate of drug-likeness (QED) is 0.509. The number of likely N-dealkylation sites (N-methyl/N-ethyl adjacent to an activating group) is 1. The number of hydrazone groups is 1. The first-order chi connectivity index (χ1) is 5.27. The summed E-state index contributed by atoms with van der Waals surface area (Å²) < 4.78 is 0. The van der Waals surface area contributed by atoms with Crippen molar-refractivity contribution in [2.75, 3.05) is 13.6 Å². The second-order valence-electron chi connectivity index (χ2n) is 3.13. The summed E-state index contributed by atoms with van der Waals surface area (Å²) in [6, 6.07) is 0. The van der Waals surface area contributed by atoms with Gasteiger partial charge >= 0.3 is 0 Å². The van der Waals surface area contributed by atoms with Crippen molar-refractivity contribution in [2.24, 2.45) is 5.10 Å². The van der Waals surface area contributed by atoms with Crippen molar-refractivity contribution >= 4 is 5.71 Å². The maximum Gasteiger partial charge on any atom is 0.0696 e. The molecule has 0 spiro atoms. The van der Waals surface area contributed by atoms with Crippen LogP contribution in [-0.4, -0.2) is 24.3 Å². The zero-order chi connectivity index (χ0) is 7.84. The smallest absolute Gasteiger partial charge is 0.0696 e. The van der Waals surface area contributed by atoms with E-state index in [1.807, 2.05) is 12.1 Å². The van der Waals surface area contributed by atoms with Crippen molar-refractivity contribution in [3.63, 3.8) is 0 Å². The van der Waals surface area contributed by atoms with E-state index < -0.39 is 0 Å². The molecular weight excluding hydrogens is 136 g/mol. The maximum absolute atomic E-state index is 4.40. The SMILES string of the molecule is CC1=C2CN(C)N=C2CC=C1. The molecule has 2 heteroatoms. The number of rotatable bonds is 0. The second kappa shape index (κ2) is 2.22. The topological polar surface area (TPSA) is 15.6 Å². The minimum absolute atomic E-state index is 0.992. The predicted octanol–water partition coefficient (Wildman–Crippen LogP) is 1.56. The summed E-state index contributed by atoms with van der Waals surface area (Å²) in [7, 11) is 2.02. The second-order valence-corrected chi connectivity index (χ2v) is 3.13. The summed E-state index contributed by atoms with van der Waals surface area (Å²) in [6.45, 7) is 3.14. The number of hydrogen-bond donors (Lipinski definition) is 0. The van der Waals surface area contributed by atoms with E-state index in [-0.39, 0.29) is 0 Å². The van der Waals surface area contributed by atoms with E-state index >= 15 is 0 Å². The number of fused-ring (bicyclic) bond motifs is 1. The van der Waals surface area contributed by atoms with Crippen molar-refractivity contribution in [2.45, 2.75) is 13.3 Å². The third kappa shape index (κ3) is 0.985. The lowest BCUT2D eigenvalue weighted by Gasteiger charge is -2.08. The van der Waals surface area contributed by atoms with Gasteiger partial charge in [0.2, 0.25) is 0 Å². The molecule has 1 heterocycles. The van der Waals surface area contributed by atoms with Crippen LogP contribution in [0.2, 0.25) is 0 Å². The molecule has 0 saturated heterocycles. The Morgan fingerprint density at radius 2 is 2.36 bits per heavy atom. The molecule has 0 fully saturated rings. The summed E-state index contributed by atoms with van der Waals surface area (Å²) in [4.78, 5) is 0. The Morgan fingerprint density at radius 3 is 3.09 bits per heavy atom. The predicted molar refractivity (Wildman–Crippen MR) is 46.5 cm³/mol. The Kier molecular flexibility index (Phi) is 1.34. The maximum atomic E-state index is 4.40. The Balaban J connectivity index is 2.41. The van der Waals surface area contributed by atoms with Gasteiger partial charge in [-0.25, -0.2) is 0 Å². The molecule has 0 unspecified atom stereocenters. The molecule has 2 nitrogen and oxygen atoms in total. The summed E-state index contributed by atoms with van der Waals surface area (Å²) >= 11 is 0. The largest absolute Gasteiger partial charge is 0.295 e. The molecule has 1 aliphatic heterocycles. The molecule has 0 radical (unpaired) electrons. The van der Waals surface area contributed by atoms with E-state index in [2.05, 4.69) is 24.2 Å². The molecule has 0 amide bonds. The van der Waals surface area contributed by atoms with E-state index in [4.69, 9.17) is 0 Å². The molecule has 0 aromatic heterocycles. The van der Waals surface area contributed by atoms with Crippen LogP contribution in [0.3, 0.4) is 0 Å². The average Bonchev–Trinajstić information content (AvgIpc) is 2.31. The van der Waals surface area contributed by atoms with E-state index in [0.717, 1.165) is 13.0 Å². The Morgan fingerprint density at radius 1 is 1.55 bits per heavy atom. The van der Waals surface area contributed by atoms with Crippen molar-refractivity contribution < 1.29 is 0 Å². The fourth-order valence-corrected chi connectivity index (χ4v) is 1.59. The van der Waals surface area contributed by atoms with Crippen LogP contribution < -0.4 is 0 Å². The molecular formula is C9H12N2. The lowest BCUT2D eigenvalue weighted by atomic mass is 9.98. The van der Waals surface area contributed by atoms with Gasteiger partial charge in [0.1, 0.15) is 0 Å². The van der Waals surface area contributed by atoms with Crippen LogP contribution in [0.15, 0.2) is 28.4 Å². The van der Waals surface area contributed by atoms with Gasteiger partial charge in [0.25, 0.3) is 0 Å². The molecule has 2 aliphatic rings. The first kappa shape index (κ1) is 6.65. The van der Waals surface area contributed by atoms with Crippen molar-refractivity contribution in [1.29, 1.82) is 0 Å². The summed E-state index contributed by atoms with van der Waals surface area (Å²) in [5.74, 6) is 0. The molecule has 0 saturated carbocycles. The summed E-state index contributed by atoms with van der Waals surface area (Å²) in [6.07, 6.45) is 5.38. The molecule has 0 N–H and O–H groups in total. The monoisotopic (exact) mass is 148 g/mol. The van der Waals surface area contributed by atoms with Gasteiger partial charge in [0.15, 0.2) is 0 Å². The Labute approximate surface area is 66.9 Å². The van der Waals surface area contributed by atoms with Crippen molar-refractivity contribution in [3.8, 4) is 0 Å². The lowest BCUT2D eigenvalue weighted by Crippen LogP contribution is -2.09. The van der Waals surface area contributed by atoms with Gasteiger partial charge in [-0.05, 0) is 18.1 Å². The van der Waals surface area contributed by atoms with Crippen molar-refractivity contribution in [1.82, 2.24) is 5.01 Å². The normalized spacial score (nSPS) is 22.4. The zero-order valence-corrected chi connectivity index (χ0v) is 6.96. The molecule has 2 rings (SSSR count). The van der Waals surface area contributed by atoms with Crippen LogP contribution in [0.1, 0.15) is 13.3 Å². The molecule has 0 aromatic rings. The fourth-order valence-electron chi connectivity index (χ4n) is 1.59. The van der Waals surface area contributed by atoms with Gasteiger partial charge < -0.3 is 0 Å². The van der Waals surface area contributed by atoms with Crippen LogP contribution in [0.25, 0.3) is 0 Å². The zero-order valence-electron chi connectivity index (χ0n) is 6.96. The third-order valence-corrected chi connectivity index (χ3v) is 2.18. The fraction of sp³-hybridized carbons (Fsp3) is 0.444. The highest BCUT2D eigenvalue weighted by atomic mass is 15.5. The Hall–Kier alpha value is -1.05. The van der Waals surface area contributed by atoms with E-state index in [0.29, 0.717) is 0 Å². The average molecular weight is 148 g/mol. The first-order valence-corrected chi connectivity index (χ1v) is 3.92. The molecule has 0 aromatic carbocycles. The Bertz CT molecular complexity index is 271. The lowest BCUT2D eigenvalue weighted by molar-refractivity contribution is 0.409. The highest BCUT2D eigenvalue weighted by molar-refractivity contribution is 6.04. The third-order valence-electron chi connectivity index (χ3n) is 2.18. The van der Waals surface area contributed by atoms with Crippen LogP contribution in [0.5, 0.6) is 0 Å². The van der Waals surface area contributed by atoms with Gasteiger partial charge in [0, 0.05) is 13.5 Å². The summed E-state index contributed by atoms with van der Waals surface area (Å²) in [5, 5.41) is 6.40. The van der Waals surface area contributed by atoms with Gasteiger partial charge in [-0.2, -0.15) is 5.10 Å².